The number of hydrogen-bond acceptors (Lipinski definition) is 2. The first-order valence-electron chi connectivity index (χ1n) is 8.64. The van der Waals surface area contributed by atoms with Gasteiger partial charge in [0.2, 0.25) is 0 Å². The molecule has 0 radical (unpaired) electrons. The summed E-state index contributed by atoms with van der Waals surface area (Å²) in [4.78, 5) is 0. The lowest BCUT2D eigenvalue weighted by molar-refractivity contribution is -0.263. The first kappa shape index (κ1) is 18.0. The van der Waals surface area contributed by atoms with Gasteiger partial charge >= 0.3 is 0 Å². The molecule has 2 unspecified atom stereocenters. The molecule has 0 bridgehead atoms. The quantitative estimate of drug-likeness (QED) is 0.566. The highest BCUT2D eigenvalue weighted by Crippen LogP contribution is 2.34. The molecule has 0 amide bonds. The molecule has 1 fully saturated rings. The summed E-state index contributed by atoms with van der Waals surface area (Å²) in [5.74, 6) is 2.25. The van der Waals surface area contributed by atoms with E-state index in [1.165, 1.54) is 19.3 Å². The Morgan fingerprint density at radius 3 is 1.45 bits per heavy atom. The summed E-state index contributed by atoms with van der Waals surface area (Å²) < 4.78 is 12.6. The van der Waals surface area contributed by atoms with Gasteiger partial charge in [-0.05, 0) is 36.5 Å². The molecule has 0 heterocycles. The topological polar surface area (TPSA) is 18.5 Å². The summed E-state index contributed by atoms with van der Waals surface area (Å²) in [6.07, 6.45) is 5.96. The zero-order valence-electron chi connectivity index (χ0n) is 14.6. The van der Waals surface area contributed by atoms with Gasteiger partial charge in [0.15, 0.2) is 5.79 Å². The third kappa shape index (κ3) is 5.73. The van der Waals surface area contributed by atoms with Crippen LogP contribution in [0.3, 0.4) is 0 Å². The molecule has 0 aliphatic heterocycles. The molecule has 120 valence electrons. The number of rotatable bonds is 8. The van der Waals surface area contributed by atoms with Gasteiger partial charge in [-0.15, -0.1) is 0 Å². The van der Waals surface area contributed by atoms with Crippen molar-refractivity contribution in [2.75, 3.05) is 13.2 Å². The van der Waals surface area contributed by atoms with Crippen LogP contribution in [0, 0.1) is 23.7 Å². The highest BCUT2D eigenvalue weighted by atomic mass is 16.7. The summed E-state index contributed by atoms with van der Waals surface area (Å²) >= 11 is 0. The predicted molar refractivity (Wildman–Crippen MR) is 85.7 cm³/mol. The highest BCUT2D eigenvalue weighted by Gasteiger charge is 2.35. The average molecular weight is 284 g/mol. The minimum Gasteiger partial charge on any atom is -0.350 e. The van der Waals surface area contributed by atoms with E-state index in [2.05, 4.69) is 41.5 Å². The van der Waals surface area contributed by atoms with E-state index in [-0.39, 0.29) is 5.79 Å². The van der Waals surface area contributed by atoms with Crippen LogP contribution in [0.2, 0.25) is 0 Å². The van der Waals surface area contributed by atoms with Crippen molar-refractivity contribution < 1.29 is 9.47 Å². The molecule has 0 aromatic rings. The van der Waals surface area contributed by atoms with Gasteiger partial charge in [0.1, 0.15) is 0 Å². The van der Waals surface area contributed by atoms with Gasteiger partial charge in [0.05, 0.1) is 13.2 Å². The summed E-state index contributed by atoms with van der Waals surface area (Å²) in [5, 5.41) is 0. The molecule has 0 saturated heterocycles. The summed E-state index contributed by atoms with van der Waals surface area (Å²) in [7, 11) is 0. The van der Waals surface area contributed by atoms with Crippen LogP contribution in [0.4, 0.5) is 0 Å². The van der Waals surface area contributed by atoms with Crippen LogP contribution in [0.15, 0.2) is 0 Å². The maximum absolute atomic E-state index is 6.30. The van der Waals surface area contributed by atoms with E-state index >= 15 is 0 Å². The SMILES string of the molecule is CC(C)C(C)COC1(OCC(C)C(C)C)CCCCC1. The van der Waals surface area contributed by atoms with Gasteiger partial charge in [-0.25, -0.2) is 0 Å². The molecule has 1 aliphatic rings. The molecule has 20 heavy (non-hydrogen) atoms. The molecule has 2 heteroatoms. The van der Waals surface area contributed by atoms with Gasteiger partial charge < -0.3 is 9.47 Å². The number of ether oxygens (including phenoxy) is 2. The first-order chi connectivity index (χ1) is 9.36. The lowest BCUT2D eigenvalue weighted by Gasteiger charge is -2.39. The third-order valence-corrected chi connectivity index (χ3v) is 5.11. The zero-order chi connectivity index (χ0) is 15.2. The molecule has 1 rings (SSSR count). The first-order valence-corrected chi connectivity index (χ1v) is 8.64. The predicted octanol–water partition coefficient (Wildman–Crippen LogP) is 5.26. The van der Waals surface area contributed by atoms with Crippen LogP contribution < -0.4 is 0 Å². The summed E-state index contributed by atoms with van der Waals surface area (Å²) in [6, 6.07) is 0. The van der Waals surface area contributed by atoms with Crippen molar-refractivity contribution in [3.63, 3.8) is 0 Å². The maximum atomic E-state index is 6.30. The largest absolute Gasteiger partial charge is 0.350 e. The summed E-state index contributed by atoms with van der Waals surface area (Å²) in [6.45, 7) is 15.3. The number of hydrogen-bond donors (Lipinski definition) is 0. The Balaban J connectivity index is 2.52. The molecule has 1 aliphatic carbocycles. The van der Waals surface area contributed by atoms with Gasteiger partial charge in [0, 0.05) is 12.8 Å². The van der Waals surface area contributed by atoms with Crippen molar-refractivity contribution in [2.45, 2.75) is 79.4 Å². The van der Waals surface area contributed by atoms with Crippen LogP contribution in [-0.4, -0.2) is 19.0 Å². The van der Waals surface area contributed by atoms with E-state index in [1.54, 1.807) is 0 Å². The van der Waals surface area contributed by atoms with E-state index in [0.717, 1.165) is 26.1 Å². The van der Waals surface area contributed by atoms with E-state index in [0.29, 0.717) is 23.7 Å². The lowest BCUT2D eigenvalue weighted by Crippen LogP contribution is -2.41. The lowest BCUT2D eigenvalue weighted by atomic mass is 9.92. The van der Waals surface area contributed by atoms with Gasteiger partial charge in [-0.2, -0.15) is 0 Å². The van der Waals surface area contributed by atoms with Crippen LogP contribution in [-0.2, 0) is 9.47 Å². The molecule has 0 aromatic carbocycles. The van der Waals surface area contributed by atoms with Crippen LogP contribution in [0.25, 0.3) is 0 Å². The molecular formula is C18H36O2. The standard InChI is InChI=1S/C18H36O2/c1-14(2)16(5)12-19-18(10-8-7-9-11-18)20-13-17(6)15(3)4/h14-17H,7-13H2,1-6H3. The monoisotopic (exact) mass is 284 g/mol. The second-order valence-electron chi connectivity index (χ2n) is 7.54. The van der Waals surface area contributed by atoms with E-state index in [9.17, 15) is 0 Å². The van der Waals surface area contributed by atoms with Crippen molar-refractivity contribution in [3.05, 3.63) is 0 Å². The van der Waals surface area contributed by atoms with E-state index in [4.69, 9.17) is 9.47 Å². The fourth-order valence-corrected chi connectivity index (χ4v) is 2.37. The highest BCUT2D eigenvalue weighted by molar-refractivity contribution is 4.77. The van der Waals surface area contributed by atoms with Gasteiger partial charge in [0.25, 0.3) is 0 Å². The minimum atomic E-state index is -0.287. The van der Waals surface area contributed by atoms with Crippen molar-refractivity contribution in [1.82, 2.24) is 0 Å². The van der Waals surface area contributed by atoms with Crippen molar-refractivity contribution in [3.8, 4) is 0 Å². The average Bonchev–Trinajstić information content (AvgIpc) is 2.43. The third-order valence-electron chi connectivity index (χ3n) is 5.11. The Morgan fingerprint density at radius 1 is 0.700 bits per heavy atom. The molecule has 2 atom stereocenters. The van der Waals surface area contributed by atoms with Crippen LogP contribution >= 0.6 is 0 Å². The molecule has 0 aromatic heterocycles. The zero-order valence-corrected chi connectivity index (χ0v) is 14.6. The smallest absolute Gasteiger partial charge is 0.168 e. The van der Waals surface area contributed by atoms with Crippen LogP contribution in [0.1, 0.15) is 73.6 Å². The Kier molecular flexibility index (Phi) is 7.53. The second-order valence-corrected chi connectivity index (χ2v) is 7.54. The molecule has 2 nitrogen and oxygen atoms in total. The molecule has 0 N–H and O–H groups in total. The van der Waals surface area contributed by atoms with Crippen LogP contribution in [0.5, 0.6) is 0 Å². The van der Waals surface area contributed by atoms with Crippen molar-refractivity contribution in [1.29, 1.82) is 0 Å². The molecule has 1 saturated carbocycles. The van der Waals surface area contributed by atoms with Crippen molar-refractivity contribution >= 4 is 0 Å². The normalized spacial score (nSPS) is 22.2. The maximum Gasteiger partial charge on any atom is 0.168 e. The van der Waals surface area contributed by atoms with E-state index < -0.39 is 0 Å². The van der Waals surface area contributed by atoms with Crippen molar-refractivity contribution in [2.24, 2.45) is 23.7 Å². The second kappa shape index (κ2) is 8.38. The Morgan fingerprint density at radius 2 is 1.10 bits per heavy atom. The fraction of sp³-hybridized carbons (Fsp3) is 1.00. The van der Waals surface area contributed by atoms with E-state index in [1.807, 2.05) is 0 Å². The molecule has 0 spiro atoms. The Bertz CT molecular complexity index is 234. The van der Waals surface area contributed by atoms with Gasteiger partial charge in [-0.1, -0.05) is 48.0 Å². The Hall–Kier alpha value is -0.0800. The molecular weight excluding hydrogens is 248 g/mol. The Labute approximate surface area is 126 Å². The fourth-order valence-electron chi connectivity index (χ4n) is 2.37. The van der Waals surface area contributed by atoms with Gasteiger partial charge in [-0.3, -0.25) is 0 Å². The minimum absolute atomic E-state index is 0.287. The summed E-state index contributed by atoms with van der Waals surface area (Å²) in [5.41, 5.74) is 0.